The maximum Gasteiger partial charge on any atom is 0.223 e. The van der Waals surface area contributed by atoms with E-state index in [1.54, 1.807) is 7.11 Å². The van der Waals surface area contributed by atoms with E-state index in [9.17, 15) is 4.79 Å². The van der Waals surface area contributed by atoms with Crippen molar-refractivity contribution in [3.8, 4) is 0 Å². The van der Waals surface area contributed by atoms with Crippen LogP contribution in [0.2, 0.25) is 0 Å². The van der Waals surface area contributed by atoms with E-state index in [1.807, 2.05) is 0 Å². The largest absolute Gasteiger partial charge is 0.385 e. The van der Waals surface area contributed by atoms with Gasteiger partial charge in [-0.25, -0.2) is 0 Å². The molecule has 1 amide bonds. The molecule has 2 fully saturated rings. The van der Waals surface area contributed by atoms with Crippen LogP contribution in [0.15, 0.2) is 0 Å². The molecular formula is C16H30N2O2. The highest BCUT2D eigenvalue weighted by Crippen LogP contribution is 2.40. The summed E-state index contributed by atoms with van der Waals surface area (Å²) in [7, 11) is 1.76. The first-order chi connectivity index (χ1) is 9.71. The molecule has 20 heavy (non-hydrogen) atoms. The summed E-state index contributed by atoms with van der Waals surface area (Å²) in [6.07, 6.45) is 9.36. The lowest BCUT2D eigenvalue weighted by Crippen LogP contribution is -2.41. The van der Waals surface area contributed by atoms with Crippen LogP contribution < -0.4 is 11.1 Å². The zero-order valence-electron chi connectivity index (χ0n) is 12.8. The molecule has 0 radical (unpaired) electrons. The van der Waals surface area contributed by atoms with Gasteiger partial charge in [0, 0.05) is 26.2 Å². The molecule has 0 aliphatic heterocycles. The number of ether oxygens (including phenoxy) is 1. The summed E-state index contributed by atoms with van der Waals surface area (Å²) in [5, 5.41) is 3.23. The first-order valence-electron chi connectivity index (χ1n) is 8.17. The van der Waals surface area contributed by atoms with Crippen molar-refractivity contribution in [2.75, 3.05) is 26.8 Å². The fourth-order valence-electron chi connectivity index (χ4n) is 4.03. The molecule has 2 aliphatic carbocycles. The first kappa shape index (κ1) is 15.8. The van der Waals surface area contributed by atoms with Gasteiger partial charge in [-0.15, -0.1) is 0 Å². The van der Waals surface area contributed by atoms with Gasteiger partial charge in [-0.05, 0) is 50.0 Å². The van der Waals surface area contributed by atoms with Crippen molar-refractivity contribution in [1.29, 1.82) is 0 Å². The van der Waals surface area contributed by atoms with Gasteiger partial charge in [-0.1, -0.05) is 19.3 Å². The number of hydrogen-bond acceptors (Lipinski definition) is 3. The van der Waals surface area contributed by atoms with E-state index in [0.29, 0.717) is 12.5 Å². The van der Waals surface area contributed by atoms with Crippen molar-refractivity contribution in [2.45, 2.75) is 51.4 Å². The molecule has 0 heterocycles. The molecule has 0 aromatic heterocycles. The Kier molecular flexibility index (Phi) is 5.85. The third-order valence-corrected chi connectivity index (χ3v) is 5.44. The molecule has 2 saturated carbocycles. The zero-order chi connectivity index (χ0) is 14.4. The van der Waals surface area contributed by atoms with Gasteiger partial charge in [0.15, 0.2) is 0 Å². The van der Waals surface area contributed by atoms with E-state index in [2.05, 4.69) is 5.32 Å². The lowest BCUT2D eigenvalue weighted by Gasteiger charge is -2.30. The zero-order valence-corrected chi connectivity index (χ0v) is 12.8. The van der Waals surface area contributed by atoms with Crippen LogP contribution in [0.1, 0.15) is 51.4 Å². The van der Waals surface area contributed by atoms with Crippen molar-refractivity contribution < 1.29 is 9.53 Å². The molecule has 0 spiro atoms. The van der Waals surface area contributed by atoms with Gasteiger partial charge >= 0.3 is 0 Å². The Morgan fingerprint density at radius 1 is 1.30 bits per heavy atom. The summed E-state index contributed by atoms with van der Waals surface area (Å²) in [6.45, 7) is 2.26. The van der Waals surface area contributed by atoms with E-state index < -0.39 is 0 Å². The van der Waals surface area contributed by atoms with Gasteiger partial charge in [-0.2, -0.15) is 0 Å². The Labute approximate surface area is 122 Å². The summed E-state index contributed by atoms with van der Waals surface area (Å²) < 4.78 is 5.24. The van der Waals surface area contributed by atoms with Gasteiger partial charge in [0.2, 0.25) is 5.91 Å². The number of methoxy groups -OCH3 is 1. The number of nitrogens with one attached hydrogen (secondary N) is 1. The molecular weight excluding hydrogens is 252 g/mol. The second kappa shape index (κ2) is 7.41. The average molecular weight is 282 g/mol. The van der Waals surface area contributed by atoms with Gasteiger partial charge < -0.3 is 15.8 Å². The van der Waals surface area contributed by atoms with Crippen LogP contribution in [0, 0.1) is 17.3 Å². The van der Waals surface area contributed by atoms with Crippen molar-refractivity contribution in [3.63, 3.8) is 0 Å². The third kappa shape index (κ3) is 3.73. The molecule has 0 saturated heterocycles. The summed E-state index contributed by atoms with van der Waals surface area (Å²) >= 11 is 0. The normalized spacial score (nSPS) is 28.7. The Hall–Kier alpha value is -0.610. The predicted octanol–water partition coefficient (Wildman–Crippen LogP) is 2.07. The van der Waals surface area contributed by atoms with Gasteiger partial charge in [0.25, 0.3) is 0 Å². The standard InChI is InChI=1S/C16H30N2O2/c1-20-10-9-16(7-2-3-8-16)12-18-15(19)14-6-4-5-13(14)11-17/h13-14H,2-12,17H2,1H3,(H,18,19)/t13-,14-/m1/s1. The first-order valence-corrected chi connectivity index (χ1v) is 8.17. The van der Waals surface area contributed by atoms with Crippen molar-refractivity contribution in [2.24, 2.45) is 23.0 Å². The number of hydrogen-bond donors (Lipinski definition) is 2. The highest BCUT2D eigenvalue weighted by atomic mass is 16.5. The second-order valence-corrected chi connectivity index (χ2v) is 6.70. The van der Waals surface area contributed by atoms with Crippen LogP contribution in [-0.2, 0) is 9.53 Å². The Balaban J connectivity index is 1.84. The molecule has 0 bridgehead atoms. The quantitative estimate of drug-likeness (QED) is 0.751. The Morgan fingerprint density at radius 3 is 2.70 bits per heavy atom. The van der Waals surface area contributed by atoms with E-state index in [4.69, 9.17) is 10.5 Å². The van der Waals surface area contributed by atoms with E-state index in [0.717, 1.165) is 38.8 Å². The van der Waals surface area contributed by atoms with Crippen molar-refractivity contribution >= 4 is 5.91 Å². The van der Waals surface area contributed by atoms with Crippen LogP contribution in [0.3, 0.4) is 0 Å². The summed E-state index contributed by atoms with van der Waals surface area (Å²) in [5.74, 6) is 0.788. The molecule has 2 atom stereocenters. The van der Waals surface area contributed by atoms with Gasteiger partial charge in [0.1, 0.15) is 0 Å². The molecule has 0 aromatic rings. The summed E-state index contributed by atoms with van der Waals surface area (Å²) in [5.41, 5.74) is 6.06. The van der Waals surface area contributed by atoms with Gasteiger partial charge in [-0.3, -0.25) is 4.79 Å². The molecule has 3 N–H and O–H groups in total. The molecule has 2 rings (SSSR count). The average Bonchev–Trinajstić information content (AvgIpc) is 3.12. The minimum Gasteiger partial charge on any atom is -0.385 e. The lowest BCUT2D eigenvalue weighted by atomic mass is 9.82. The number of carbonyl (C=O) groups excluding carboxylic acids is 1. The molecule has 0 unspecified atom stereocenters. The fourth-order valence-corrected chi connectivity index (χ4v) is 4.03. The topological polar surface area (TPSA) is 64.3 Å². The maximum atomic E-state index is 12.4. The smallest absolute Gasteiger partial charge is 0.223 e. The number of amides is 1. The van der Waals surface area contributed by atoms with E-state index in [-0.39, 0.29) is 17.2 Å². The highest BCUT2D eigenvalue weighted by Gasteiger charge is 2.36. The minimum atomic E-state index is 0.154. The minimum absolute atomic E-state index is 0.154. The van der Waals surface area contributed by atoms with Crippen LogP contribution in [-0.4, -0.2) is 32.7 Å². The number of carbonyl (C=O) groups is 1. The van der Waals surface area contributed by atoms with Crippen LogP contribution in [0.5, 0.6) is 0 Å². The molecule has 116 valence electrons. The maximum absolute atomic E-state index is 12.4. The summed E-state index contributed by atoms with van der Waals surface area (Å²) in [4.78, 5) is 12.4. The highest BCUT2D eigenvalue weighted by molar-refractivity contribution is 5.79. The number of nitrogens with two attached hydrogens (primary N) is 1. The SMILES string of the molecule is COCCC1(CNC(=O)[C@@H]2CCC[C@@H]2CN)CCCC1. The van der Waals surface area contributed by atoms with Crippen molar-refractivity contribution in [1.82, 2.24) is 5.32 Å². The van der Waals surface area contributed by atoms with E-state index in [1.165, 1.54) is 25.7 Å². The Bertz CT molecular complexity index is 314. The molecule has 4 heteroatoms. The fraction of sp³-hybridized carbons (Fsp3) is 0.938. The Morgan fingerprint density at radius 2 is 2.05 bits per heavy atom. The molecule has 0 aromatic carbocycles. The summed E-state index contributed by atoms with van der Waals surface area (Å²) in [6, 6.07) is 0. The second-order valence-electron chi connectivity index (χ2n) is 6.70. The van der Waals surface area contributed by atoms with Crippen molar-refractivity contribution in [3.05, 3.63) is 0 Å². The lowest BCUT2D eigenvalue weighted by molar-refractivity contribution is -0.126. The van der Waals surface area contributed by atoms with Crippen LogP contribution >= 0.6 is 0 Å². The van der Waals surface area contributed by atoms with Gasteiger partial charge in [0.05, 0.1) is 0 Å². The number of rotatable bonds is 7. The monoisotopic (exact) mass is 282 g/mol. The predicted molar refractivity (Wildman–Crippen MR) is 80.3 cm³/mol. The van der Waals surface area contributed by atoms with E-state index >= 15 is 0 Å². The molecule has 2 aliphatic rings. The van der Waals surface area contributed by atoms with Crippen LogP contribution in [0.25, 0.3) is 0 Å². The van der Waals surface area contributed by atoms with Crippen LogP contribution in [0.4, 0.5) is 0 Å². The third-order valence-electron chi connectivity index (χ3n) is 5.44. The molecule has 4 nitrogen and oxygen atoms in total.